The SMILES string of the molecule is CCc1ccc(-n2c(=O)c(C)c(C)n(C)c2=O)cc1. The molecule has 0 radical (unpaired) electrons. The summed E-state index contributed by atoms with van der Waals surface area (Å²) >= 11 is 0. The van der Waals surface area contributed by atoms with Gasteiger partial charge in [0.1, 0.15) is 0 Å². The molecule has 0 aliphatic heterocycles. The molecule has 0 amide bonds. The van der Waals surface area contributed by atoms with Gasteiger partial charge in [-0.1, -0.05) is 19.1 Å². The smallest absolute Gasteiger partial charge is 0.300 e. The molecular weight excluding hydrogens is 240 g/mol. The van der Waals surface area contributed by atoms with Crippen LogP contribution in [0, 0.1) is 13.8 Å². The molecule has 0 saturated carbocycles. The van der Waals surface area contributed by atoms with Crippen LogP contribution in [0.2, 0.25) is 0 Å². The van der Waals surface area contributed by atoms with E-state index in [1.165, 1.54) is 14.7 Å². The minimum Gasteiger partial charge on any atom is -0.300 e. The Kier molecular flexibility index (Phi) is 3.42. The third-order valence-corrected chi connectivity index (χ3v) is 3.65. The molecule has 19 heavy (non-hydrogen) atoms. The van der Waals surface area contributed by atoms with Crippen molar-refractivity contribution in [3.05, 3.63) is 61.9 Å². The molecule has 4 nitrogen and oxygen atoms in total. The summed E-state index contributed by atoms with van der Waals surface area (Å²) in [6.45, 7) is 5.59. The van der Waals surface area contributed by atoms with Crippen LogP contribution in [-0.2, 0) is 13.5 Å². The lowest BCUT2D eigenvalue weighted by molar-refractivity contribution is 0.702. The van der Waals surface area contributed by atoms with Gasteiger partial charge in [-0.3, -0.25) is 4.79 Å². The van der Waals surface area contributed by atoms with Crippen molar-refractivity contribution in [3.8, 4) is 5.69 Å². The highest BCUT2D eigenvalue weighted by Gasteiger charge is 2.12. The topological polar surface area (TPSA) is 44.0 Å². The monoisotopic (exact) mass is 258 g/mol. The lowest BCUT2D eigenvalue weighted by atomic mass is 10.1. The molecule has 0 N–H and O–H groups in total. The van der Waals surface area contributed by atoms with Gasteiger partial charge in [0.15, 0.2) is 0 Å². The fourth-order valence-corrected chi connectivity index (χ4v) is 2.06. The van der Waals surface area contributed by atoms with Crippen LogP contribution in [0.3, 0.4) is 0 Å². The van der Waals surface area contributed by atoms with Crippen LogP contribution >= 0.6 is 0 Å². The van der Waals surface area contributed by atoms with Gasteiger partial charge in [0.25, 0.3) is 5.56 Å². The highest BCUT2D eigenvalue weighted by Crippen LogP contribution is 2.08. The zero-order valence-electron chi connectivity index (χ0n) is 11.7. The van der Waals surface area contributed by atoms with Crippen molar-refractivity contribution in [1.82, 2.24) is 9.13 Å². The first-order chi connectivity index (χ1) is 8.97. The van der Waals surface area contributed by atoms with E-state index in [-0.39, 0.29) is 11.2 Å². The highest BCUT2D eigenvalue weighted by molar-refractivity contribution is 5.35. The molecule has 1 aromatic carbocycles. The van der Waals surface area contributed by atoms with Crippen LogP contribution in [-0.4, -0.2) is 9.13 Å². The standard InChI is InChI=1S/C15H18N2O2/c1-5-12-6-8-13(9-7-12)17-14(18)10(2)11(3)16(4)15(17)19/h6-9H,5H2,1-4H3. The van der Waals surface area contributed by atoms with Crippen LogP contribution in [0.5, 0.6) is 0 Å². The Morgan fingerprint density at radius 3 is 2.16 bits per heavy atom. The van der Waals surface area contributed by atoms with E-state index < -0.39 is 0 Å². The van der Waals surface area contributed by atoms with Crippen molar-refractivity contribution in [2.24, 2.45) is 7.05 Å². The third-order valence-electron chi connectivity index (χ3n) is 3.65. The van der Waals surface area contributed by atoms with Gasteiger partial charge < -0.3 is 4.57 Å². The van der Waals surface area contributed by atoms with Gasteiger partial charge in [0.05, 0.1) is 5.69 Å². The first-order valence-corrected chi connectivity index (χ1v) is 6.36. The predicted octanol–water partition coefficient (Wildman–Crippen LogP) is 1.72. The summed E-state index contributed by atoms with van der Waals surface area (Å²) in [6.07, 6.45) is 0.931. The minimum absolute atomic E-state index is 0.246. The van der Waals surface area contributed by atoms with E-state index in [9.17, 15) is 9.59 Å². The van der Waals surface area contributed by atoms with Crippen molar-refractivity contribution in [2.75, 3.05) is 0 Å². The Labute approximate surface area is 111 Å². The van der Waals surface area contributed by atoms with Gasteiger partial charge in [-0.05, 0) is 38.0 Å². The molecule has 100 valence electrons. The Morgan fingerprint density at radius 1 is 1.05 bits per heavy atom. The summed E-state index contributed by atoms with van der Waals surface area (Å²) in [5.41, 5.74) is 2.55. The first kappa shape index (κ1) is 13.3. The normalized spacial score (nSPS) is 10.7. The number of aromatic nitrogens is 2. The van der Waals surface area contributed by atoms with Crippen molar-refractivity contribution in [3.63, 3.8) is 0 Å². The molecule has 1 heterocycles. The second-order valence-corrected chi connectivity index (χ2v) is 4.71. The number of rotatable bonds is 2. The number of aryl methyl sites for hydroxylation is 1. The number of hydrogen-bond donors (Lipinski definition) is 0. The van der Waals surface area contributed by atoms with E-state index >= 15 is 0 Å². The van der Waals surface area contributed by atoms with E-state index in [1.54, 1.807) is 20.9 Å². The fraction of sp³-hybridized carbons (Fsp3) is 0.333. The van der Waals surface area contributed by atoms with Crippen molar-refractivity contribution >= 4 is 0 Å². The maximum Gasteiger partial charge on any atom is 0.335 e. The summed E-state index contributed by atoms with van der Waals surface area (Å²) in [4.78, 5) is 24.5. The maximum atomic E-state index is 12.3. The van der Waals surface area contributed by atoms with Crippen molar-refractivity contribution in [2.45, 2.75) is 27.2 Å². The van der Waals surface area contributed by atoms with Crippen LogP contribution in [0.25, 0.3) is 5.69 Å². The number of benzene rings is 1. The molecule has 0 spiro atoms. The molecule has 0 saturated heterocycles. The Hall–Kier alpha value is -2.10. The quantitative estimate of drug-likeness (QED) is 0.823. The van der Waals surface area contributed by atoms with Gasteiger partial charge in [-0.25, -0.2) is 9.36 Å². The third kappa shape index (κ3) is 2.14. The summed E-state index contributed by atoms with van der Waals surface area (Å²) in [5, 5.41) is 0. The lowest BCUT2D eigenvalue weighted by Crippen LogP contribution is -2.40. The summed E-state index contributed by atoms with van der Waals surface area (Å²) in [6, 6.07) is 7.51. The molecule has 0 aliphatic carbocycles. The highest BCUT2D eigenvalue weighted by atomic mass is 16.2. The van der Waals surface area contributed by atoms with Gasteiger partial charge in [0, 0.05) is 18.3 Å². The van der Waals surface area contributed by atoms with Gasteiger partial charge in [-0.2, -0.15) is 0 Å². The Bertz CT molecular complexity index is 684. The molecule has 1 aromatic heterocycles. The summed E-state index contributed by atoms with van der Waals surface area (Å²) in [5.74, 6) is 0. The van der Waals surface area contributed by atoms with Crippen molar-refractivity contribution < 1.29 is 0 Å². The van der Waals surface area contributed by atoms with E-state index in [0.717, 1.165) is 6.42 Å². The predicted molar refractivity (Wildman–Crippen MR) is 76.1 cm³/mol. The molecule has 2 rings (SSSR count). The lowest BCUT2D eigenvalue weighted by Gasteiger charge is -2.12. The molecule has 0 aliphatic rings. The molecule has 0 fully saturated rings. The van der Waals surface area contributed by atoms with Crippen LogP contribution in [0.15, 0.2) is 33.9 Å². The zero-order valence-corrected chi connectivity index (χ0v) is 11.7. The average molecular weight is 258 g/mol. The average Bonchev–Trinajstić information content (AvgIpc) is 2.44. The van der Waals surface area contributed by atoms with Gasteiger partial charge >= 0.3 is 5.69 Å². The van der Waals surface area contributed by atoms with Crippen LogP contribution in [0.4, 0.5) is 0 Å². The zero-order chi connectivity index (χ0) is 14.2. The number of hydrogen-bond acceptors (Lipinski definition) is 2. The fourth-order valence-electron chi connectivity index (χ4n) is 2.06. The van der Waals surface area contributed by atoms with E-state index in [0.29, 0.717) is 16.9 Å². The minimum atomic E-state index is -0.308. The molecular formula is C15H18N2O2. The van der Waals surface area contributed by atoms with E-state index in [1.807, 2.05) is 24.3 Å². The van der Waals surface area contributed by atoms with Gasteiger partial charge in [0.2, 0.25) is 0 Å². The molecule has 0 unspecified atom stereocenters. The van der Waals surface area contributed by atoms with E-state index in [2.05, 4.69) is 6.92 Å². The Morgan fingerprint density at radius 2 is 1.63 bits per heavy atom. The van der Waals surface area contributed by atoms with Gasteiger partial charge in [-0.15, -0.1) is 0 Å². The van der Waals surface area contributed by atoms with Crippen molar-refractivity contribution in [1.29, 1.82) is 0 Å². The molecule has 4 heteroatoms. The molecule has 0 atom stereocenters. The molecule has 0 bridgehead atoms. The van der Waals surface area contributed by atoms with Crippen LogP contribution in [0.1, 0.15) is 23.7 Å². The van der Waals surface area contributed by atoms with E-state index in [4.69, 9.17) is 0 Å². The second-order valence-electron chi connectivity index (χ2n) is 4.71. The number of nitrogens with zero attached hydrogens (tertiary/aromatic N) is 2. The first-order valence-electron chi connectivity index (χ1n) is 6.36. The Balaban J connectivity index is 2.75. The second kappa shape index (κ2) is 4.88. The maximum absolute atomic E-state index is 12.3. The largest absolute Gasteiger partial charge is 0.335 e. The summed E-state index contributed by atoms with van der Waals surface area (Å²) < 4.78 is 2.73. The van der Waals surface area contributed by atoms with Crippen LogP contribution < -0.4 is 11.2 Å². The summed E-state index contributed by atoms with van der Waals surface area (Å²) in [7, 11) is 1.68. The molecule has 2 aromatic rings.